The maximum Gasteiger partial charge on any atom is 0.262 e. The summed E-state index contributed by atoms with van der Waals surface area (Å²) in [5, 5.41) is 12.9. The van der Waals surface area contributed by atoms with Gasteiger partial charge in [-0.25, -0.2) is 0 Å². The highest BCUT2D eigenvalue weighted by atomic mass is 16.5. The van der Waals surface area contributed by atoms with Gasteiger partial charge in [0.05, 0.1) is 6.10 Å². The van der Waals surface area contributed by atoms with Gasteiger partial charge in [-0.1, -0.05) is 30.3 Å². The van der Waals surface area contributed by atoms with Crippen molar-refractivity contribution in [2.24, 2.45) is 0 Å². The van der Waals surface area contributed by atoms with Crippen LogP contribution in [0.2, 0.25) is 0 Å². The van der Waals surface area contributed by atoms with E-state index >= 15 is 0 Å². The van der Waals surface area contributed by atoms with Gasteiger partial charge >= 0.3 is 0 Å². The normalized spacial score (nSPS) is 16.5. The number of benzene rings is 2. The molecule has 0 heterocycles. The molecule has 2 aromatic carbocycles. The van der Waals surface area contributed by atoms with E-state index in [4.69, 9.17) is 4.74 Å². The first kappa shape index (κ1) is 15.6. The van der Waals surface area contributed by atoms with E-state index in [1.54, 1.807) is 0 Å². The van der Waals surface area contributed by atoms with Gasteiger partial charge in [-0.3, -0.25) is 4.79 Å². The Morgan fingerprint density at radius 3 is 2.91 bits per heavy atom. The molecule has 1 aliphatic carbocycles. The smallest absolute Gasteiger partial charge is 0.262 e. The Balaban J connectivity index is 1.66. The molecular weight excluding hydrogens is 290 g/mol. The van der Waals surface area contributed by atoms with Crippen LogP contribution in [0, 0.1) is 6.92 Å². The summed E-state index contributed by atoms with van der Waals surface area (Å²) in [5.74, 6) is 0.509. The van der Waals surface area contributed by atoms with E-state index in [1.165, 1.54) is 0 Å². The van der Waals surface area contributed by atoms with Gasteiger partial charge in [-0.2, -0.15) is 0 Å². The molecule has 4 nitrogen and oxygen atoms in total. The zero-order chi connectivity index (χ0) is 16.2. The highest BCUT2D eigenvalue weighted by Gasteiger charge is 2.21. The molecule has 0 bridgehead atoms. The fraction of sp³-hybridized carbons (Fsp3) is 0.316. The molecule has 0 radical (unpaired) electrons. The first-order valence-corrected chi connectivity index (χ1v) is 7.93. The third-order valence-electron chi connectivity index (χ3n) is 4.21. The van der Waals surface area contributed by atoms with Crippen molar-refractivity contribution in [1.82, 2.24) is 0 Å². The van der Waals surface area contributed by atoms with Crippen LogP contribution >= 0.6 is 0 Å². The molecule has 23 heavy (non-hydrogen) atoms. The number of amides is 1. The summed E-state index contributed by atoms with van der Waals surface area (Å²) in [5.41, 5.74) is 3.76. The fourth-order valence-electron chi connectivity index (χ4n) is 2.97. The third-order valence-corrected chi connectivity index (χ3v) is 4.21. The summed E-state index contributed by atoms with van der Waals surface area (Å²) in [7, 11) is 0. The Labute approximate surface area is 136 Å². The molecule has 2 aromatic rings. The molecule has 0 aromatic heterocycles. The molecular formula is C19H21NO3. The van der Waals surface area contributed by atoms with E-state index in [2.05, 4.69) is 5.32 Å². The number of carbonyl (C=O) groups is 1. The molecule has 1 aliphatic rings. The first-order valence-electron chi connectivity index (χ1n) is 7.93. The number of rotatable bonds is 4. The lowest BCUT2D eigenvalue weighted by atomic mass is 9.89. The number of anilines is 1. The van der Waals surface area contributed by atoms with E-state index in [9.17, 15) is 9.90 Å². The molecule has 120 valence electrons. The summed E-state index contributed by atoms with van der Waals surface area (Å²) in [6, 6.07) is 13.3. The minimum atomic E-state index is -0.428. The number of aliphatic hydroxyl groups excluding tert-OH is 1. The van der Waals surface area contributed by atoms with Crippen LogP contribution in [0.25, 0.3) is 0 Å². The van der Waals surface area contributed by atoms with Gasteiger partial charge < -0.3 is 15.2 Å². The highest BCUT2D eigenvalue weighted by molar-refractivity contribution is 5.92. The molecule has 0 saturated heterocycles. The van der Waals surface area contributed by atoms with Crippen molar-refractivity contribution in [3.63, 3.8) is 0 Å². The number of aryl methyl sites for hydroxylation is 1. The second kappa shape index (κ2) is 6.84. The maximum atomic E-state index is 12.1. The summed E-state index contributed by atoms with van der Waals surface area (Å²) < 4.78 is 5.70. The van der Waals surface area contributed by atoms with Gasteiger partial charge in [0.1, 0.15) is 5.75 Å². The van der Waals surface area contributed by atoms with Crippen molar-refractivity contribution in [1.29, 1.82) is 0 Å². The Kier molecular flexibility index (Phi) is 4.63. The fourth-order valence-corrected chi connectivity index (χ4v) is 2.97. The second-order valence-corrected chi connectivity index (χ2v) is 5.88. The Bertz CT molecular complexity index is 712. The number of fused-ring (bicyclic) bond motifs is 1. The molecule has 1 unspecified atom stereocenters. The van der Waals surface area contributed by atoms with Gasteiger partial charge in [0.2, 0.25) is 0 Å². The minimum absolute atomic E-state index is 0.0408. The number of hydrogen-bond acceptors (Lipinski definition) is 3. The standard InChI is InChI=1S/C19H21NO3/c1-13-6-2-3-9-16(13)20-19(22)12-23-18-11-5-7-14-15(18)8-4-10-17(14)21/h2-3,5-7,9,11,17,21H,4,8,10,12H2,1H3,(H,20,22). The average molecular weight is 311 g/mol. The summed E-state index contributed by atoms with van der Waals surface area (Å²) in [4.78, 5) is 12.1. The average Bonchev–Trinajstić information content (AvgIpc) is 2.55. The minimum Gasteiger partial charge on any atom is -0.483 e. The molecule has 3 rings (SSSR count). The zero-order valence-electron chi connectivity index (χ0n) is 13.2. The number of para-hydroxylation sites is 1. The first-order chi connectivity index (χ1) is 11.1. The van der Waals surface area contributed by atoms with Gasteiger partial charge in [-0.05, 0) is 55.0 Å². The van der Waals surface area contributed by atoms with Crippen LogP contribution in [0.4, 0.5) is 5.69 Å². The van der Waals surface area contributed by atoms with Crippen LogP contribution in [0.15, 0.2) is 42.5 Å². The van der Waals surface area contributed by atoms with Crippen LogP contribution in [0.3, 0.4) is 0 Å². The molecule has 0 fully saturated rings. The Hall–Kier alpha value is -2.33. The monoisotopic (exact) mass is 311 g/mol. The third kappa shape index (κ3) is 3.54. The largest absolute Gasteiger partial charge is 0.483 e. The van der Waals surface area contributed by atoms with Crippen LogP contribution < -0.4 is 10.1 Å². The van der Waals surface area contributed by atoms with Gasteiger partial charge in [-0.15, -0.1) is 0 Å². The number of aliphatic hydroxyl groups is 1. The summed E-state index contributed by atoms with van der Waals surface area (Å²) >= 11 is 0. The molecule has 4 heteroatoms. The topological polar surface area (TPSA) is 58.6 Å². The lowest BCUT2D eigenvalue weighted by Gasteiger charge is -2.23. The van der Waals surface area contributed by atoms with Crippen molar-refractivity contribution >= 4 is 11.6 Å². The van der Waals surface area contributed by atoms with Gasteiger partial charge in [0, 0.05) is 5.69 Å². The SMILES string of the molecule is Cc1ccccc1NC(=O)COc1cccc2c1CCCC2O. The van der Waals surface area contributed by atoms with Crippen LogP contribution in [-0.2, 0) is 11.2 Å². The van der Waals surface area contributed by atoms with Crippen molar-refractivity contribution in [3.05, 3.63) is 59.2 Å². The van der Waals surface area contributed by atoms with Crippen molar-refractivity contribution in [2.45, 2.75) is 32.3 Å². The van der Waals surface area contributed by atoms with E-state index in [0.29, 0.717) is 5.75 Å². The Morgan fingerprint density at radius 1 is 1.26 bits per heavy atom. The molecule has 1 atom stereocenters. The lowest BCUT2D eigenvalue weighted by Crippen LogP contribution is -2.21. The second-order valence-electron chi connectivity index (χ2n) is 5.88. The summed E-state index contributed by atoms with van der Waals surface area (Å²) in [6.45, 7) is 1.91. The molecule has 0 aliphatic heterocycles. The zero-order valence-corrected chi connectivity index (χ0v) is 13.2. The number of nitrogens with one attached hydrogen (secondary N) is 1. The Morgan fingerprint density at radius 2 is 2.09 bits per heavy atom. The number of hydrogen-bond donors (Lipinski definition) is 2. The quantitative estimate of drug-likeness (QED) is 0.910. The molecule has 1 amide bonds. The van der Waals surface area contributed by atoms with Crippen molar-refractivity contribution in [2.75, 3.05) is 11.9 Å². The van der Waals surface area contributed by atoms with Crippen molar-refractivity contribution in [3.8, 4) is 5.75 Å². The van der Waals surface area contributed by atoms with E-state index in [0.717, 1.165) is 41.6 Å². The van der Waals surface area contributed by atoms with Crippen LogP contribution in [0.1, 0.15) is 35.6 Å². The molecule has 0 saturated carbocycles. The van der Waals surface area contributed by atoms with E-state index < -0.39 is 6.10 Å². The highest BCUT2D eigenvalue weighted by Crippen LogP contribution is 2.35. The van der Waals surface area contributed by atoms with Crippen LogP contribution in [-0.4, -0.2) is 17.6 Å². The predicted molar refractivity (Wildman–Crippen MR) is 89.6 cm³/mol. The van der Waals surface area contributed by atoms with Gasteiger partial charge in [0.25, 0.3) is 5.91 Å². The molecule has 2 N–H and O–H groups in total. The summed E-state index contributed by atoms with van der Waals surface area (Å²) in [6.07, 6.45) is 2.17. The number of ether oxygens (including phenoxy) is 1. The molecule has 0 spiro atoms. The van der Waals surface area contributed by atoms with Crippen molar-refractivity contribution < 1.29 is 14.6 Å². The lowest BCUT2D eigenvalue weighted by molar-refractivity contribution is -0.118. The number of carbonyl (C=O) groups excluding carboxylic acids is 1. The predicted octanol–water partition coefficient (Wildman–Crippen LogP) is 3.38. The van der Waals surface area contributed by atoms with Gasteiger partial charge in [0.15, 0.2) is 6.61 Å². The van der Waals surface area contributed by atoms with E-state index in [-0.39, 0.29) is 12.5 Å². The van der Waals surface area contributed by atoms with Crippen LogP contribution in [0.5, 0.6) is 5.75 Å². The van der Waals surface area contributed by atoms with E-state index in [1.807, 2.05) is 49.4 Å². The maximum absolute atomic E-state index is 12.1.